The Morgan fingerprint density at radius 1 is 1.24 bits per heavy atom. The van der Waals surface area contributed by atoms with Crippen LogP contribution < -0.4 is 5.32 Å². The summed E-state index contributed by atoms with van der Waals surface area (Å²) in [4.78, 5) is 36.3. The van der Waals surface area contributed by atoms with Gasteiger partial charge in [-0.25, -0.2) is 4.79 Å². The minimum atomic E-state index is -0.616. The third-order valence-corrected chi connectivity index (χ3v) is 3.92. The number of hydrogen-bond donors (Lipinski definition) is 1. The number of carbonyl (C=O) groups is 3. The number of ether oxygens (including phenoxy) is 1. The number of carbonyl (C=O) groups excluding carboxylic acids is 3. The van der Waals surface area contributed by atoms with Gasteiger partial charge in [0.2, 0.25) is 0 Å². The maximum Gasteiger partial charge on any atom is 0.331 e. The van der Waals surface area contributed by atoms with E-state index in [1.807, 2.05) is 0 Å². The fourth-order valence-electron chi connectivity index (χ4n) is 1.76. The van der Waals surface area contributed by atoms with E-state index in [4.69, 9.17) is 0 Å². The highest BCUT2D eigenvalue weighted by Crippen LogP contribution is 2.23. The number of amides is 2. The molecule has 1 aromatic rings. The van der Waals surface area contributed by atoms with Gasteiger partial charge in [0.05, 0.1) is 18.2 Å². The van der Waals surface area contributed by atoms with Crippen molar-refractivity contribution in [2.75, 3.05) is 21.2 Å². The summed E-state index contributed by atoms with van der Waals surface area (Å²) < 4.78 is 4.47. The summed E-state index contributed by atoms with van der Waals surface area (Å²) in [6.45, 7) is 0. The Kier molecular flexibility index (Phi) is 6.07. The highest BCUT2D eigenvalue weighted by molar-refractivity contribution is 8.18. The summed E-state index contributed by atoms with van der Waals surface area (Å²) >= 11 is 0.993. The van der Waals surface area contributed by atoms with E-state index in [9.17, 15) is 14.4 Å². The molecule has 2 rings (SSSR count). The van der Waals surface area contributed by atoms with Crippen LogP contribution in [0, 0.1) is 0 Å². The number of methoxy groups -OCH3 is 1. The Hall–Kier alpha value is -2.94. The molecule has 1 aliphatic rings. The molecule has 1 aromatic carbocycles. The summed E-state index contributed by atoms with van der Waals surface area (Å²) in [6.07, 6.45) is 2.58. The molecule has 0 bridgehead atoms. The van der Waals surface area contributed by atoms with Gasteiger partial charge < -0.3 is 9.64 Å². The summed E-state index contributed by atoms with van der Waals surface area (Å²) in [5.41, 5.74) is 1.32. The zero-order chi connectivity index (χ0) is 18.4. The van der Waals surface area contributed by atoms with Gasteiger partial charge in [-0.1, -0.05) is 12.1 Å². The molecule has 0 aromatic heterocycles. The van der Waals surface area contributed by atoms with Gasteiger partial charge in [0.15, 0.2) is 5.17 Å². The van der Waals surface area contributed by atoms with E-state index in [2.05, 4.69) is 20.3 Å². The first-order valence-electron chi connectivity index (χ1n) is 7.12. The smallest absolute Gasteiger partial charge is 0.331 e. The van der Waals surface area contributed by atoms with E-state index in [-0.39, 0.29) is 16.0 Å². The number of rotatable bonds is 4. The molecule has 0 aliphatic carbocycles. The third-order valence-electron chi connectivity index (χ3n) is 3.02. The topological polar surface area (TPSA) is 100 Å². The molecule has 1 N–H and O–H groups in total. The molecule has 9 heteroatoms. The second-order valence-electron chi connectivity index (χ2n) is 5.06. The lowest BCUT2D eigenvalue weighted by atomic mass is 10.1. The quantitative estimate of drug-likeness (QED) is 0.374. The standard InChI is InChI=1S/C16H16N4O4S/c1-20(2)15(23)11-6-4-10(5-7-11)9-17-19-16-18-14(22)12(25-16)8-13(21)24-3/h4-9H,1-3H3,(H,18,19,22)/b12-8+,17-9?. The van der Waals surface area contributed by atoms with Gasteiger partial charge >= 0.3 is 5.97 Å². The second kappa shape index (κ2) is 8.25. The van der Waals surface area contributed by atoms with Crippen molar-refractivity contribution in [2.24, 2.45) is 10.2 Å². The number of esters is 1. The van der Waals surface area contributed by atoms with Crippen LogP contribution in [0.4, 0.5) is 0 Å². The lowest BCUT2D eigenvalue weighted by Gasteiger charge is -2.09. The molecule has 0 radical (unpaired) electrons. The fourth-order valence-corrected chi connectivity index (χ4v) is 2.50. The van der Waals surface area contributed by atoms with Gasteiger partial charge in [-0.2, -0.15) is 5.10 Å². The number of amidine groups is 1. The largest absolute Gasteiger partial charge is 0.466 e. The van der Waals surface area contributed by atoms with Crippen molar-refractivity contribution in [3.8, 4) is 0 Å². The zero-order valence-electron chi connectivity index (χ0n) is 13.8. The maximum absolute atomic E-state index is 11.8. The monoisotopic (exact) mass is 360 g/mol. The normalized spacial score (nSPS) is 17.2. The first-order chi connectivity index (χ1) is 11.9. The molecule has 0 atom stereocenters. The van der Waals surface area contributed by atoms with Crippen LogP contribution >= 0.6 is 11.8 Å². The van der Waals surface area contributed by atoms with Gasteiger partial charge in [-0.15, -0.1) is 5.10 Å². The molecule has 8 nitrogen and oxygen atoms in total. The van der Waals surface area contributed by atoms with E-state index >= 15 is 0 Å². The molecule has 1 heterocycles. The molecule has 130 valence electrons. The Morgan fingerprint density at radius 3 is 2.52 bits per heavy atom. The molecule has 25 heavy (non-hydrogen) atoms. The second-order valence-corrected chi connectivity index (χ2v) is 6.09. The van der Waals surface area contributed by atoms with Crippen LogP contribution in [0.5, 0.6) is 0 Å². The predicted molar refractivity (Wildman–Crippen MR) is 95.3 cm³/mol. The number of hydrogen-bond acceptors (Lipinski definition) is 7. The summed E-state index contributed by atoms with van der Waals surface area (Å²) in [5.74, 6) is -1.13. The number of nitrogens with zero attached hydrogens (tertiary/aromatic N) is 3. The molecule has 0 saturated carbocycles. The van der Waals surface area contributed by atoms with Gasteiger partial charge in [-0.3, -0.25) is 14.9 Å². The average molecular weight is 360 g/mol. The molecule has 1 saturated heterocycles. The highest BCUT2D eigenvalue weighted by atomic mass is 32.2. The Balaban J connectivity index is 2.02. The van der Waals surface area contributed by atoms with Gasteiger partial charge in [0.1, 0.15) is 0 Å². The van der Waals surface area contributed by atoms with Crippen LogP contribution in [-0.4, -0.2) is 55.3 Å². The van der Waals surface area contributed by atoms with Crippen molar-refractivity contribution in [2.45, 2.75) is 0 Å². The third kappa shape index (κ3) is 5.01. The number of thioether (sulfide) groups is 1. The van der Waals surface area contributed by atoms with Crippen molar-refractivity contribution in [1.29, 1.82) is 0 Å². The first kappa shape index (κ1) is 18.4. The lowest BCUT2D eigenvalue weighted by molar-refractivity contribution is -0.135. The van der Waals surface area contributed by atoms with Gasteiger partial charge in [-0.05, 0) is 29.5 Å². The van der Waals surface area contributed by atoms with Crippen LogP contribution in [0.3, 0.4) is 0 Å². The summed E-state index contributed by atoms with van der Waals surface area (Å²) in [7, 11) is 4.60. The minimum absolute atomic E-state index is 0.0845. The zero-order valence-corrected chi connectivity index (χ0v) is 14.7. The van der Waals surface area contributed by atoms with Crippen LogP contribution in [0.1, 0.15) is 15.9 Å². The predicted octanol–water partition coefficient (Wildman–Crippen LogP) is 0.998. The van der Waals surface area contributed by atoms with Gasteiger partial charge in [0.25, 0.3) is 11.8 Å². The molecule has 0 unspecified atom stereocenters. The van der Waals surface area contributed by atoms with Gasteiger partial charge in [0, 0.05) is 25.7 Å². The van der Waals surface area contributed by atoms with Crippen molar-refractivity contribution in [3.63, 3.8) is 0 Å². The average Bonchev–Trinajstić information content (AvgIpc) is 2.94. The van der Waals surface area contributed by atoms with Crippen LogP contribution in [-0.2, 0) is 14.3 Å². The Morgan fingerprint density at radius 2 is 1.92 bits per heavy atom. The van der Waals surface area contributed by atoms with E-state index < -0.39 is 11.9 Å². The Bertz CT molecular complexity index is 782. The first-order valence-corrected chi connectivity index (χ1v) is 7.94. The molecule has 0 spiro atoms. The number of benzene rings is 1. The number of nitrogens with one attached hydrogen (secondary N) is 1. The minimum Gasteiger partial charge on any atom is -0.466 e. The fraction of sp³-hybridized carbons (Fsp3) is 0.188. The van der Waals surface area contributed by atoms with Crippen LogP contribution in [0.2, 0.25) is 0 Å². The molecule has 2 amide bonds. The van der Waals surface area contributed by atoms with Crippen LogP contribution in [0.15, 0.2) is 45.4 Å². The van der Waals surface area contributed by atoms with Crippen molar-refractivity contribution >= 4 is 40.9 Å². The van der Waals surface area contributed by atoms with Crippen molar-refractivity contribution in [1.82, 2.24) is 10.2 Å². The molecular weight excluding hydrogens is 344 g/mol. The lowest BCUT2D eigenvalue weighted by Crippen LogP contribution is -2.21. The van der Waals surface area contributed by atoms with E-state index in [0.717, 1.165) is 23.4 Å². The highest BCUT2D eigenvalue weighted by Gasteiger charge is 2.24. The summed E-state index contributed by atoms with van der Waals surface area (Å²) in [5, 5.41) is 10.5. The molecular formula is C16H16N4O4S. The molecule has 1 aliphatic heterocycles. The Labute approximate surface area is 148 Å². The SMILES string of the molecule is COC(=O)/C=C1/S/C(=N\N=Cc2ccc(C(=O)N(C)C)cc2)NC1=O. The maximum atomic E-state index is 11.8. The van der Waals surface area contributed by atoms with E-state index in [0.29, 0.717) is 5.56 Å². The van der Waals surface area contributed by atoms with Crippen molar-refractivity contribution in [3.05, 3.63) is 46.4 Å². The van der Waals surface area contributed by atoms with E-state index in [1.165, 1.54) is 18.2 Å². The summed E-state index contributed by atoms with van der Waals surface area (Å²) in [6, 6.07) is 6.87. The van der Waals surface area contributed by atoms with Crippen molar-refractivity contribution < 1.29 is 19.1 Å². The van der Waals surface area contributed by atoms with E-state index in [1.54, 1.807) is 38.4 Å². The molecule has 1 fully saturated rings. The van der Waals surface area contributed by atoms with Crippen LogP contribution in [0.25, 0.3) is 0 Å².